The first-order valence-electron chi connectivity index (χ1n) is 7.44. The average molecular weight is 400 g/mol. The van der Waals surface area contributed by atoms with Crippen molar-refractivity contribution in [2.45, 2.75) is 11.9 Å². The van der Waals surface area contributed by atoms with E-state index in [-0.39, 0.29) is 23.0 Å². The SMILES string of the molecule is CS(=O)(Cc1ccc(F)cc1)=Nc1ccc(-c2noc(C(F)(F)F)n2)nc1. The summed E-state index contributed by atoms with van der Waals surface area (Å²) >= 11 is 0. The fourth-order valence-electron chi connectivity index (χ4n) is 2.16. The molecule has 0 radical (unpaired) electrons. The molecule has 0 aliphatic carbocycles. The van der Waals surface area contributed by atoms with Crippen LogP contribution in [0.3, 0.4) is 0 Å². The molecule has 0 fully saturated rings. The molecule has 1 aromatic carbocycles. The molecule has 2 aromatic heterocycles. The van der Waals surface area contributed by atoms with Gasteiger partial charge in [0.25, 0.3) is 0 Å². The van der Waals surface area contributed by atoms with E-state index in [0.717, 1.165) is 0 Å². The smallest absolute Gasteiger partial charge is 0.329 e. The first-order chi connectivity index (χ1) is 12.6. The number of hydrogen-bond acceptors (Lipinski definition) is 6. The van der Waals surface area contributed by atoms with Crippen molar-refractivity contribution in [3.8, 4) is 11.5 Å². The van der Waals surface area contributed by atoms with Crippen molar-refractivity contribution in [2.24, 2.45) is 4.36 Å². The van der Waals surface area contributed by atoms with Crippen LogP contribution in [0.5, 0.6) is 0 Å². The van der Waals surface area contributed by atoms with Crippen LogP contribution in [0.15, 0.2) is 51.5 Å². The van der Waals surface area contributed by atoms with Gasteiger partial charge in [-0.2, -0.15) is 22.5 Å². The van der Waals surface area contributed by atoms with Gasteiger partial charge in [-0.15, -0.1) is 0 Å². The lowest BCUT2D eigenvalue weighted by molar-refractivity contribution is -0.159. The lowest BCUT2D eigenvalue weighted by Gasteiger charge is -2.05. The van der Waals surface area contributed by atoms with Crippen LogP contribution in [0, 0.1) is 5.82 Å². The molecule has 27 heavy (non-hydrogen) atoms. The predicted octanol–water partition coefficient (Wildman–Crippen LogP) is 4.22. The van der Waals surface area contributed by atoms with Crippen molar-refractivity contribution in [3.05, 3.63) is 59.9 Å². The zero-order valence-electron chi connectivity index (χ0n) is 13.8. The lowest BCUT2D eigenvalue weighted by Crippen LogP contribution is -2.04. The highest BCUT2D eigenvalue weighted by Gasteiger charge is 2.38. The third-order valence-electron chi connectivity index (χ3n) is 3.29. The molecule has 1 atom stereocenters. The summed E-state index contributed by atoms with van der Waals surface area (Å²) in [5, 5.41) is 3.23. The van der Waals surface area contributed by atoms with Crippen molar-refractivity contribution >= 4 is 15.4 Å². The fraction of sp³-hybridized carbons (Fsp3) is 0.188. The minimum Gasteiger partial charge on any atom is -0.329 e. The maximum absolute atomic E-state index is 12.9. The second-order valence-corrected chi connectivity index (χ2v) is 8.03. The zero-order valence-corrected chi connectivity index (χ0v) is 14.6. The molecule has 1 unspecified atom stereocenters. The Kier molecular flexibility index (Phi) is 4.96. The third-order valence-corrected chi connectivity index (χ3v) is 4.76. The Labute approximate surface area is 151 Å². The van der Waals surface area contributed by atoms with Crippen LogP contribution in [0.2, 0.25) is 0 Å². The number of rotatable bonds is 4. The summed E-state index contributed by atoms with van der Waals surface area (Å²) < 4.78 is 71.3. The van der Waals surface area contributed by atoms with Crippen molar-refractivity contribution in [1.82, 2.24) is 15.1 Å². The molecule has 0 saturated carbocycles. The largest absolute Gasteiger partial charge is 0.471 e. The molecule has 0 aliphatic heterocycles. The van der Waals surface area contributed by atoms with Gasteiger partial charge in [-0.3, -0.25) is 4.98 Å². The molecule has 6 nitrogen and oxygen atoms in total. The van der Waals surface area contributed by atoms with Crippen molar-refractivity contribution < 1.29 is 26.3 Å². The Bertz CT molecular complexity index is 1050. The second kappa shape index (κ2) is 7.06. The normalized spacial score (nSPS) is 14.0. The van der Waals surface area contributed by atoms with Crippen LogP contribution in [-0.2, 0) is 21.7 Å². The summed E-state index contributed by atoms with van der Waals surface area (Å²) in [6, 6.07) is 8.34. The van der Waals surface area contributed by atoms with E-state index in [1.807, 2.05) is 0 Å². The molecule has 0 bridgehead atoms. The molecular formula is C16H12F4N4O2S. The van der Waals surface area contributed by atoms with E-state index in [1.165, 1.54) is 48.9 Å². The van der Waals surface area contributed by atoms with Gasteiger partial charge in [-0.05, 0) is 29.8 Å². The molecule has 0 aliphatic rings. The van der Waals surface area contributed by atoms with E-state index >= 15 is 0 Å². The Morgan fingerprint density at radius 3 is 2.41 bits per heavy atom. The van der Waals surface area contributed by atoms with E-state index in [2.05, 4.69) is 24.0 Å². The topological polar surface area (TPSA) is 81.2 Å². The van der Waals surface area contributed by atoms with Gasteiger partial charge < -0.3 is 4.52 Å². The van der Waals surface area contributed by atoms with Gasteiger partial charge in [0.1, 0.15) is 11.5 Å². The second-order valence-electron chi connectivity index (χ2n) is 5.64. The summed E-state index contributed by atoms with van der Waals surface area (Å²) in [6.45, 7) is 0. The predicted molar refractivity (Wildman–Crippen MR) is 88.8 cm³/mol. The lowest BCUT2D eigenvalue weighted by atomic mass is 10.2. The monoisotopic (exact) mass is 400 g/mol. The molecule has 0 saturated heterocycles. The molecular weight excluding hydrogens is 388 g/mol. The Hall–Kier alpha value is -2.82. The Morgan fingerprint density at radius 2 is 1.85 bits per heavy atom. The molecule has 3 aromatic rings. The average Bonchev–Trinajstić information content (AvgIpc) is 3.07. The number of benzene rings is 1. The molecule has 2 heterocycles. The minimum absolute atomic E-state index is 0.0503. The molecule has 11 heteroatoms. The summed E-state index contributed by atoms with van der Waals surface area (Å²) in [6.07, 6.45) is -2.06. The van der Waals surface area contributed by atoms with Gasteiger partial charge in [-0.1, -0.05) is 17.3 Å². The van der Waals surface area contributed by atoms with Crippen LogP contribution >= 0.6 is 0 Å². The molecule has 3 rings (SSSR count). The summed E-state index contributed by atoms with van der Waals surface area (Å²) in [5.74, 6) is -2.08. The van der Waals surface area contributed by atoms with E-state index in [1.54, 1.807) is 0 Å². The molecule has 142 valence electrons. The van der Waals surface area contributed by atoms with E-state index in [0.29, 0.717) is 5.56 Å². The number of halogens is 4. The number of alkyl halides is 3. The molecule has 0 N–H and O–H groups in total. The van der Waals surface area contributed by atoms with Crippen LogP contribution in [-0.4, -0.2) is 25.6 Å². The van der Waals surface area contributed by atoms with Crippen LogP contribution in [0.1, 0.15) is 11.5 Å². The standard InChI is InChI=1S/C16H12F4N4O2S/c1-27(25,9-10-2-4-11(17)5-3-10)24-12-6-7-13(21-8-12)14-22-15(26-23-14)16(18,19)20/h2-8H,9H2,1H3. The van der Waals surface area contributed by atoms with E-state index in [9.17, 15) is 21.8 Å². The minimum atomic E-state index is -4.74. The van der Waals surface area contributed by atoms with Gasteiger partial charge in [-0.25, -0.2) is 8.60 Å². The van der Waals surface area contributed by atoms with Crippen LogP contribution < -0.4 is 0 Å². The van der Waals surface area contributed by atoms with E-state index < -0.39 is 27.6 Å². The van der Waals surface area contributed by atoms with Gasteiger partial charge in [0.2, 0.25) is 5.82 Å². The van der Waals surface area contributed by atoms with Gasteiger partial charge in [0.05, 0.1) is 27.4 Å². The van der Waals surface area contributed by atoms with Gasteiger partial charge in [0, 0.05) is 6.26 Å². The first-order valence-corrected chi connectivity index (χ1v) is 9.53. The van der Waals surface area contributed by atoms with Crippen molar-refractivity contribution in [1.29, 1.82) is 0 Å². The number of aromatic nitrogens is 3. The van der Waals surface area contributed by atoms with E-state index in [4.69, 9.17) is 0 Å². The third kappa shape index (κ3) is 4.88. The number of nitrogens with zero attached hydrogens (tertiary/aromatic N) is 4. The number of hydrogen-bond donors (Lipinski definition) is 0. The summed E-state index contributed by atoms with van der Waals surface area (Å²) in [4.78, 5) is 7.16. The molecule has 0 spiro atoms. The Morgan fingerprint density at radius 1 is 1.15 bits per heavy atom. The maximum Gasteiger partial charge on any atom is 0.471 e. The van der Waals surface area contributed by atoms with Gasteiger partial charge in [0.15, 0.2) is 0 Å². The summed E-state index contributed by atoms with van der Waals surface area (Å²) in [5.41, 5.74) is 0.978. The highest BCUT2D eigenvalue weighted by Crippen LogP contribution is 2.29. The van der Waals surface area contributed by atoms with Crippen molar-refractivity contribution in [3.63, 3.8) is 0 Å². The number of pyridine rings is 1. The van der Waals surface area contributed by atoms with Crippen molar-refractivity contribution in [2.75, 3.05) is 6.26 Å². The van der Waals surface area contributed by atoms with Crippen LogP contribution in [0.4, 0.5) is 23.2 Å². The van der Waals surface area contributed by atoms with Gasteiger partial charge >= 0.3 is 12.1 Å². The summed E-state index contributed by atoms with van der Waals surface area (Å²) in [7, 11) is -2.68. The zero-order chi connectivity index (χ0) is 19.7. The first kappa shape index (κ1) is 19.0. The van der Waals surface area contributed by atoms with Crippen LogP contribution in [0.25, 0.3) is 11.5 Å². The Balaban J connectivity index is 1.80. The fourth-order valence-corrected chi connectivity index (χ4v) is 3.59. The highest BCUT2D eigenvalue weighted by molar-refractivity contribution is 7.92. The quantitative estimate of drug-likeness (QED) is 0.613. The molecule has 0 amide bonds. The maximum atomic E-state index is 12.9. The highest BCUT2D eigenvalue weighted by atomic mass is 32.2.